The van der Waals surface area contributed by atoms with Crippen molar-refractivity contribution in [1.29, 1.82) is 0 Å². The molecular weight excluding hydrogens is 212 g/mol. The quantitative estimate of drug-likeness (QED) is 0.612. The largest absolute Gasteiger partial charge is 0.451 e. The minimum atomic E-state index is -0.786. The smallest absolute Gasteiger partial charge is 0.440 e. The van der Waals surface area contributed by atoms with Crippen LogP contribution in [-0.4, -0.2) is 31.8 Å². The second-order valence-corrected chi connectivity index (χ2v) is 2.66. The molecule has 0 radical (unpaired) electrons. The molecule has 1 unspecified atom stereocenters. The van der Waals surface area contributed by atoms with Crippen molar-refractivity contribution >= 4 is 24.5 Å². The van der Waals surface area contributed by atoms with E-state index in [1.165, 1.54) is 7.11 Å². The lowest BCUT2D eigenvalue weighted by Gasteiger charge is -2.08. The molecule has 6 nitrogen and oxygen atoms in total. The molecule has 0 aromatic rings. The predicted octanol–water partition coefficient (Wildman–Crippen LogP) is -0.0256. The molecule has 0 aromatic heterocycles. The Morgan fingerprint density at radius 3 is 2.71 bits per heavy atom. The lowest BCUT2D eigenvalue weighted by Crippen LogP contribution is -2.37. The number of ether oxygens (including phenoxy) is 1. The Kier molecular flexibility index (Phi) is 5.98. The number of amides is 1. The fourth-order valence-corrected chi connectivity index (χ4v) is 1.09. The first-order valence-corrected chi connectivity index (χ1v) is 4.02. The predicted molar refractivity (Wildman–Crippen MR) is 49.9 cm³/mol. The van der Waals surface area contributed by atoms with Crippen molar-refractivity contribution in [3.8, 4) is 0 Å². The molecule has 1 atom stereocenters. The minimum absolute atomic E-state index is 0. The van der Waals surface area contributed by atoms with Crippen molar-refractivity contribution < 1.29 is 19.2 Å². The molecule has 82 valence electrons. The molecule has 0 aliphatic carbocycles. The summed E-state index contributed by atoms with van der Waals surface area (Å²) in [6.45, 7) is 0.804. The van der Waals surface area contributed by atoms with E-state index in [2.05, 4.69) is 14.9 Å². The van der Waals surface area contributed by atoms with Crippen LogP contribution in [0.5, 0.6) is 0 Å². The molecule has 0 bridgehead atoms. The Bertz CT molecular complexity index is 206. The monoisotopic (exact) mass is 224 g/mol. The molecule has 1 aliphatic heterocycles. The maximum atomic E-state index is 11.1. The van der Waals surface area contributed by atoms with Gasteiger partial charge in [0.2, 0.25) is 0 Å². The maximum absolute atomic E-state index is 11.1. The number of carbonyl (C=O) groups excluding carboxylic acids is 2. The first-order chi connectivity index (χ1) is 6.24. The van der Waals surface area contributed by atoms with Crippen LogP contribution >= 0.6 is 12.4 Å². The number of hydrogen-bond acceptors (Lipinski definition) is 5. The van der Waals surface area contributed by atoms with Gasteiger partial charge in [-0.2, -0.15) is 0 Å². The van der Waals surface area contributed by atoms with E-state index >= 15 is 0 Å². The SMILES string of the molecule is COC(=O)NOC(=O)C1CCCN1.Cl. The van der Waals surface area contributed by atoms with Crippen molar-refractivity contribution in [3.63, 3.8) is 0 Å². The summed E-state index contributed by atoms with van der Waals surface area (Å²) >= 11 is 0. The Balaban J connectivity index is 0.00000169. The third-order valence-electron chi connectivity index (χ3n) is 1.77. The zero-order valence-corrected chi connectivity index (χ0v) is 8.56. The van der Waals surface area contributed by atoms with Crippen molar-refractivity contribution in [2.24, 2.45) is 0 Å². The zero-order valence-electron chi connectivity index (χ0n) is 7.74. The van der Waals surface area contributed by atoms with Gasteiger partial charge in [-0.1, -0.05) is 0 Å². The van der Waals surface area contributed by atoms with Gasteiger partial charge >= 0.3 is 12.1 Å². The molecule has 1 aliphatic rings. The van der Waals surface area contributed by atoms with Crippen LogP contribution in [0.4, 0.5) is 4.79 Å². The number of hydrogen-bond donors (Lipinski definition) is 2. The van der Waals surface area contributed by atoms with Crippen molar-refractivity contribution in [1.82, 2.24) is 10.8 Å². The second-order valence-electron chi connectivity index (χ2n) is 2.66. The van der Waals surface area contributed by atoms with Gasteiger partial charge in [-0.15, -0.1) is 17.9 Å². The van der Waals surface area contributed by atoms with Crippen molar-refractivity contribution in [2.75, 3.05) is 13.7 Å². The molecule has 1 rings (SSSR count). The van der Waals surface area contributed by atoms with Crippen LogP contribution in [0.1, 0.15) is 12.8 Å². The standard InChI is InChI=1S/C7H12N2O4.ClH/c1-12-7(11)9-13-6(10)5-3-2-4-8-5;/h5,8H,2-4H2,1H3,(H,9,11);1H. The fraction of sp³-hybridized carbons (Fsp3) is 0.714. The number of carbonyl (C=O) groups is 2. The molecule has 2 N–H and O–H groups in total. The average Bonchev–Trinajstić information content (AvgIpc) is 2.66. The molecule has 1 saturated heterocycles. The third kappa shape index (κ3) is 3.80. The summed E-state index contributed by atoms with van der Waals surface area (Å²) in [4.78, 5) is 26.1. The van der Waals surface area contributed by atoms with Crippen molar-refractivity contribution in [2.45, 2.75) is 18.9 Å². The minimum Gasteiger partial charge on any atom is -0.451 e. The molecule has 14 heavy (non-hydrogen) atoms. The average molecular weight is 225 g/mol. The van der Waals surface area contributed by atoms with Crippen LogP contribution < -0.4 is 10.8 Å². The van der Waals surface area contributed by atoms with Gasteiger partial charge in [-0.3, -0.25) is 0 Å². The topological polar surface area (TPSA) is 76.7 Å². The molecular formula is C7H13ClN2O4. The van der Waals surface area contributed by atoms with Crippen LogP contribution in [0.2, 0.25) is 0 Å². The fourth-order valence-electron chi connectivity index (χ4n) is 1.09. The highest BCUT2D eigenvalue weighted by molar-refractivity contribution is 5.85. The number of rotatable bonds is 1. The van der Waals surface area contributed by atoms with Crippen LogP contribution in [0, 0.1) is 0 Å². The van der Waals surface area contributed by atoms with Gasteiger partial charge in [-0.05, 0) is 19.4 Å². The van der Waals surface area contributed by atoms with Crippen LogP contribution in [0.3, 0.4) is 0 Å². The van der Waals surface area contributed by atoms with E-state index in [0.29, 0.717) is 0 Å². The van der Waals surface area contributed by atoms with Gasteiger partial charge in [0, 0.05) is 0 Å². The summed E-state index contributed by atoms with van der Waals surface area (Å²) in [5.74, 6) is -0.483. The van der Waals surface area contributed by atoms with E-state index in [-0.39, 0.29) is 18.4 Å². The van der Waals surface area contributed by atoms with Gasteiger partial charge in [0.1, 0.15) is 6.04 Å². The molecule has 1 amide bonds. The number of methoxy groups -OCH3 is 1. The Morgan fingerprint density at radius 1 is 1.50 bits per heavy atom. The number of hydroxylamine groups is 1. The first kappa shape index (κ1) is 13.0. The zero-order chi connectivity index (χ0) is 9.68. The summed E-state index contributed by atoms with van der Waals surface area (Å²) in [5, 5.41) is 2.93. The summed E-state index contributed by atoms with van der Waals surface area (Å²) in [6, 6.07) is -0.308. The highest BCUT2D eigenvalue weighted by atomic mass is 35.5. The Labute approximate surface area is 87.7 Å². The van der Waals surface area contributed by atoms with Crippen molar-refractivity contribution in [3.05, 3.63) is 0 Å². The highest BCUT2D eigenvalue weighted by Gasteiger charge is 2.24. The van der Waals surface area contributed by atoms with E-state index in [1.807, 2.05) is 5.48 Å². The molecule has 1 heterocycles. The lowest BCUT2D eigenvalue weighted by molar-refractivity contribution is -0.151. The van der Waals surface area contributed by atoms with Crippen LogP contribution in [-0.2, 0) is 14.4 Å². The molecule has 1 fully saturated rings. The lowest BCUT2D eigenvalue weighted by atomic mass is 10.2. The van der Waals surface area contributed by atoms with E-state index in [9.17, 15) is 9.59 Å². The van der Waals surface area contributed by atoms with Gasteiger partial charge < -0.3 is 14.9 Å². The van der Waals surface area contributed by atoms with Crippen LogP contribution in [0.25, 0.3) is 0 Å². The van der Waals surface area contributed by atoms with Gasteiger partial charge in [-0.25, -0.2) is 9.59 Å². The summed E-state index contributed by atoms with van der Waals surface area (Å²) in [7, 11) is 1.19. The van der Waals surface area contributed by atoms with E-state index in [1.54, 1.807) is 0 Å². The third-order valence-corrected chi connectivity index (χ3v) is 1.77. The van der Waals surface area contributed by atoms with Gasteiger partial charge in [0.25, 0.3) is 0 Å². The normalized spacial score (nSPS) is 19.4. The summed E-state index contributed by atoms with van der Waals surface area (Å²) < 4.78 is 4.22. The van der Waals surface area contributed by atoms with E-state index < -0.39 is 12.1 Å². The highest BCUT2D eigenvalue weighted by Crippen LogP contribution is 2.05. The summed E-state index contributed by atoms with van der Waals surface area (Å²) in [5.41, 5.74) is 1.86. The first-order valence-electron chi connectivity index (χ1n) is 4.02. The van der Waals surface area contributed by atoms with Gasteiger partial charge in [0.15, 0.2) is 0 Å². The Morgan fingerprint density at radius 2 is 2.21 bits per heavy atom. The Hall–Kier alpha value is -1.01. The summed E-state index contributed by atoms with van der Waals surface area (Å²) in [6.07, 6.45) is 0.894. The second kappa shape index (κ2) is 6.44. The van der Waals surface area contributed by atoms with E-state index in [4.69, 9.17) is 0 Å². The molecule has 7 heteroatoms. The maximum Gasteiger partial charge on any atom is 0.440 e. The number of halogens is 1. The molecule has 0 saturated carbocycles. The molecule has 0 aromatic carbocycles. The number of nitrogens with one attached hydrogen (secondary N) is 2. The van der Waals surface area contributed by atoms with Crippen LogP contribution in [0.15, 0.2) is 0 Å². The van der Waals surface area contributed by atoms with Gasteiger partial charge in [0.05, 0.1) is 7.11 Å². The van der Waals surface area contributed by atoms with E-state index in [0.717, 1.165) is 19.4 Å². The molecule has 0 spiro atoms.